The van der Waals surface area contributed by atoms with Gasteiger partial charge in [0.05, 0.1) is 12.1 Å². The van der Waals surface area contributed by atoms with Crippen LogP contribution in [0.2, 0.25) is 0 Å². The van der Waals surface area contributed by atoms with E-state index in [9.17, 15) is 9.59 Å². The molecule has 0 aliphatic heterocycles. The highest BCUT2D eigenvalue weighted by molar-refractivity contribution is 5.90. The summed E-state index contributed by atoms with van der Waals surface area (Å²) >= 11 is 0. The van der Waals surface area contributed by atoms with Gasteiger partial charge in [-0.3, -0.25) is 9.59 Å². The molecular formula is C13H14N4O3. The number of hydrogen-bond donors (Lipinski definition) is 2. The first kappa shape index (κ1) is 13.7. The molecule has 0 unspecified atom stereocenters. The first-order chi connectivity index (χ1) is 9.63. The molecule has 0 saturated heterocycles. The number of rotatable bonds is 6. The molecule has 2 rings (SSSR count). The van der Waals surface area contributed by atoms with Gasteiger partial charge in [-0.15, -0.1) is 5.10 Å². The van der Waals surface area contributed by atoms with E-state index in [4.69, 9.17) is 5.11 Å². The van der Waals surface area contributed by atoms with Crippen molar-refractivity contribution < 1.29 is 14.7 Å². The van der Waals surface area contributed by atoms with Crippen LogP contribution in [0, 0.1) is 0 Å². The lowest BCUT2D eigenvalue weighted by molar-refractivity contribution is -0.137. The second-order valence-corrected chi connectivity index (χ2v) is 4.22. The highest BCUT2D eigenvalue weighted by atomic mass is 16.4. The van der Waals surface area contributed by atoms with Gasteiger partial charge in [-0.05, 0) is 12.1 Å². The minimum atomic E-state index is -0.888. The topological polar surface area (TPSA) is 97.1 Å². The average Bonchev–Trinajstić information content (AvgIpc) is 2.85. The standard InChI is InChI=1S/C13H14N4O3/c18-12(14-10-4-2-1-3-5-10)9-17-8-11(15-16-17)6-7-13(19)20/h1-5,8H,6-7,9H2,(H,14,18)(H,19,20). The van der Waals surface area contributed by atoms with Crippen molar-refractivity contribution in [3.63, 3.8) is 0 Å². The first-order valence-corrected chi connectivity index (χ1v) is 6.09. The van der Waals surface area contributed by atoms with Gasteiger partial charge in [0.25, 0.3) is 0 Å². The molecule has 2 aromatic rings. The summed E-state index contributed by atoms with van der Waals surface area (Å²) in [4.78, 5) is 22.2. The number of nitrogens with zero attached hydrogens (tertiary/aromatic N) is 3. The number of aromatic nitrogens is 3. The Morgan fingerprint density at radius 3 is 2.70 bits per heavy atom. The second kappa shape index (κ2) is 6.46. The van der Waals surface area contributed by atoms with E-state index in [1.165, 1.54) is 4.68 Å². The van der Waals surface area contributed by atoms with Gasteiger partial charge < -0.3 is 10.4 Å². The number of amides is 1. The molecule has 0 fully saturated rings. The molecule has 0 spiro atoms. The molecule has 1 amide bonds. The molecule has 0 aliphatic rings. The molecule has 1 aromatic heterocycles. The fourth-order valence-corrected chi connectivity index (χ4v) is 1.63. The maximum Gasteiger partial charge on any atom is 0.303 e. The smallest absolute Gasteiger partial charge is 0.303 e. The zero-order valence-corrected chi connectivity index (χ0v) is 10.7. The fraction of sp³-hybridized carbons (Fsp3) is 0.231. The van der Waals surface area contributed by atoms with Gasteiger partial charge in [0.1, 0.15) is 6.54 Å². The number of carbonyl (C=O) groups excluding carboxylic acids is 1. The number of carbonyl (C=O) groups is 2. The largest absolute Gasteiger partial charge is 0.481 e. The monoisotopic (exact) mass is 274 g/mol. The lowest BCUT2D eigenvalue weighted by Crippen LogP contribution is -2.19. The minimum absolute atomic E-state index is 0.00505. The molecule has 104 valence electrons. The van der Waals surface area contributed by atoms with Crippen LogP contribution in [-0.4, -0.2) is 32.0 Å². The maximum atomic E-state index is 11.8. The van der Waals surface area contributed by atoms with Crippen molar-refractivity contribution in [2.45, 2.75) is 19.4 Å². The third-order valence-electron chi connectivity index (χ3n) is 2.54. The summed E-state index contributed by atoms with van der Waals surface area (Å²) in [5, 5.41) is 18.9. The molecule has 0 saturated carbocycles. The number of carboxylic acids is 1. The van der Waals surface area contributed by atoms with E-state index in [1.807, 2.05) is 18.2 Å². The molecule has 20 heavy (non-hydrogen) atoms. The van der Waals surface area contributed by atoms with Crippen molar-refractivity contribution in [1.29, 1.82) is 0 Å². The van der Waals surface area contributed by atoms with Crippen LogP contribution >= 0.6 is 0 Å². The zero-order chi connectivity index (χ0) is 14.4. The Kier molecular flexibility index (Phi) is 4.43. The molecular weight excluding hydrogens is 260 g/mol. The van der Waals surface area contributed by atoms with Crippen LogP contribution in [-0.2, 0) is 22.6 Å². The Morgan fingerprint density at radius 1 is 1.25 bits per heavy atom. The van der Waals surface area contributed by atoms with Crippen LogP contribution in [0.1, 0.15) is 12.1 Å². The van der Waals surface area contributed by atoms with Crippen LogP contribution < -0.4 is 5.32 Å². The lowest BCUT2D eigenvalue weighted by atomic mass is 10.2. The van der Waals surface area contributed by atoms with E-state index in [1.54, 1.807) is 18.3 Å². The summed E-state index contributed by atoms with van der Waals surface area (Å²) in [6, 6.07) is 9.10. The molecule has 0 atom stereocenters. The van der Waals surface area contributed by atoms with Gasteiger partial charge in [-0.1, -0.05) is 23.4 Å². The van der Waals surface area contributed by atoms with Crippen LogP contribution in [0.15, 0.2) is 36.5 Å². The molecule has 0 aliphatic carbocycles. The van der Waals surface area contributed by atoms with E-state index in [-0.39, 0.29) is 18.9 Å². The van der Waals surface area contributed by atoms with Crippen LogP contribution in [0.3, 0.4) is 0 Å². The fourth-order valence-electron chi connectivity index (χ4n) is 1.63. The molecule has 2 N–H and O–H groups in total. The Balaban J connectivity index is 1.87. The van der Waals surface area contributed by atoms with Crippen LogP contribution in [0.4, 0.5) is 5.69 Å². The molecule has 0 radical (unpaired) electrons. The van der Waals surface area contributed by atoms with E-state index in [0.717, 1.165) is 0 Å². The number of para-hydroxylation sites is 1. The highest BCUT2D eigenvalue weighted by Gasteiger charge is 2.07. The highest BCUT2D eigenvalue weighted by Crippen LogP contribution is 2.05. The number of aliphatic carboxylic acids is 1. The van der Waals surface area contributed by atoms with Gasteiger partial charge in [-0.2, -0.15) is 0 Å². The normalized spacial score (nSPS) is 10.2. The van der Waals surface area contributed by atoms with Crippen LogP contribution in [0.5, 0.6) is 0 Å². The summed E-state index contributed by atoms with van der Waals surface area (Å²) in [5.41, 5.74) is 1.27. The second-order valence-electron chi connectivity index (χ2n) is 4.22. The Hall–Kier alpha value is -2.70. The van der Waals surface area contributed by atoms with Crippen molar-refractivity contribution >= 4 is 17.6 Å². The third kappa shape index (κ3) is 4.20. The van der Waals surface area contributed by atoms with E-state index >= 15 is 0 Å². The summed E-state index contributed by atoms with van der Waals surface area (Å²) in [6.45, 7) is 0.0367. The predicted molar refractivity (Wildman–Crippen MR) is 71.1 cm³/mol. The number of anilines is 1. The van der Waals surface area contributed by atoms with E-state index in [2.05, 4.69) is 15.6 Å². The summed E-state index contributed by atoms with van der Waals surface area (Å²) in [7, 11) is 0. The van der Waals surface area contributed by atoms with Gasteiger partial charge in [0.15, 0.2) is 0 Å². The van der Waals surface area contributed by atoms with E-state index in [0.29, 0.717) is 17.8 Å². The molecule has 0 bridgehead atoms. The lowest BCUT2D eigenvalue weighted by Gasteiger charge is -2.04. The number of nitrogens with one attached hydrogen (secondary N) is 1. The number of benzene rings is 1. The van der Waals surface area contributed by atoms with E-state index < -0.39 is 5.97 Å². The van der Waals surface area contributed by atoms with Gasteiger partial charge >= 0.3 is 5.97 Å². The third-order valence-corrected chi connectivity index (χ3v) is 2.54. The minimum Gasteiger partial charge on any atom is -0.481 e. The summed E-state index contributed by atoms with van der Waals surface area (Å²) in [5.74, 6) is -1.10. The van der Waals surface area contributed by atoms with Gasteiger partial charge in [-0.25, -0.2) is 4.68 Å². The number of hydrogen-bond acceptors (Lipinski definition) is 4. The number of carboxylic acid groups (broad SMARTS) is 1. The number of aryl methyl sites for hydroxylation is 1. The Morgan fingerprint density at radius 2 is 2.00 bits per heavy atom. The van der Waals surface area contributed by atoms with Gasteiger partial charge in [0.2, 0.25) is 5.91 Å². The Labute approximate surface area is 115 Å². The molecule has 7 heteroatoms. The average molecular weight is 274 g/mol. The van der Waals surface area contributed by atoms with Crippen molar-refractivity contribution in [3.05, 3.63) is 42.2 Å². The molecule has 7 nitrogen and oxygen atoms in total. The Bertz CT molecular complexity index is 595. The first-order valence-electron chi connectivity index (χ1n) is 6.09. The van der Waals surface area contributed by atoms with Crippen molar-refractivity contribution in [2.75, 3.05) is 5.32 Å². The quantitative estimate of drug-likeness (QED) is 0.816. The van der Waals surface area contributed by atoms with Crippen LogP contribution in [0.25, 0.3) is 0 Å². The predicted octanol–water partition coefficient (Wildman–Crippen LogP) is 0.934. The van der Waals surface area contributed by atoms with Gasteiger partial charge in [0, 0.05) is 18.3 Å². The zero-order valence-electron chi connectivity index (χ0n) is 10.7. The summed E-state index contributed by atoms with van der Waals surface area (Å²) in [6.07, 6.45) is 1.87. The van der Waals surface area contributed by atoms with Crippen molar-refractivity contribution in [2.24, 2.45) is 0 Å². The molecule has 1 aromatic carbocycles. The van der Waals surface area contributed by atoms with Crippen molar-refractivity contribution in [3.8, 4) is 0 Å². The van der Waals surface area contributed by atoms with Crippen molar-refractivity contribution in [1.82, 2.24) is 15.0 Å². The maximum absolute atomic E-state index is 11.8. The summed E-state index contributed by atoms with van der Waals surface area (Å²) < 4.78 is 1.38. The SMILES string of the molecule is O=C(O)CCc1cn(CC(=O)Nc2ccccc2)nn1. The molecule has 1 heterocycles.